The zero-order valence-electron chi connectivity index (χ0n) is 17.2. The second-order valence-corrected chi connectivity index (χ2v) is 8.86. The van der Waals surface area contributed by atoms with Crippen LogP contribution in [0.25, 0.3) is 10.1 Å². The van der Waals surface area contributed by atoms with E-state index in [1.807, 2.05) is 23.7 Å². The molecular formula is C25H22FNO3S. The largest absolute Gasteiger partial charge is 0.483 e. The molecule has 1 aliphatic carbocycles. The number of carbonyl (C=O) groups is 1. The molecule has 0 N–H and O–H groups in total. The Bertz CT molecular complexity index is 1250. The summed E-state index contributed by atoms with van der Waals surface area (Å²) in [6, 6.07) is 8.49. The van der Waals surface area contributed by atoms with Crippen LogP contribution in [0.5, 0.6) is 5.75 Å². The molecule has 1 unspecified atom stereocenters. The Kier molecular flexibility index (Phi) is 5.32. The minimum Gasteiger partial charge on any atom is -0.483 e. The van der Waals surface area contributed by atoms with E-state index in [2.05, 4.69) is 11.9 Å². The van der Waals surface area contributed by atoms with E-state index >= 15 is 0 Å². The third-order valence-corrected chi connectivity index (χ3v) is 6.88. The van der Waals surface area contributed by atoms with Crippen LogP contribution in [0.3, 0.4) is 0 Å². The Hall–Kier alpha value is -2.99. The van der Waals surface area contributed by atoms with Gasteiger partial charge < -0.3 is 9.15 Å². The maximum absolute atomic E-state index is 13.5. The van der Waals surface area contributed by atoms with Crippen molar-refractivity contribution in [2.24, 2.45) is 0 Å². The van der Waals surface area contributed by atoms with Gasteiger partial charge in [-0.25, -0.2) is 4.39 Å². The maximum atomic E-state index is 13.5. The molecule has 0 saturated carbocycles. The van der Waals surface area contributed by atoms with Gasteiger partial charge in [-0.2, -0.15) is 0 Å². The Labute approximate surface area is 183 Å². The predicted molar refractivity (Wildman–Crippen MR) is 118 cm³/mol. The number of aryl methyl sites for hydroxylation is 1. The molecule has 158 valence electrons. The molecule has 0 fully saturated rings. The number of ketones is 1. The zero-order chi connectivity index (χ0) is 21.4. The van der Waals surface area contributed by atoms with Crippen LogP contribution in [0.15, 0.2) is 52.6 Å². The highest BCUT2D eigenvalue weighted by molar-refractivity contribution is 7.17. The normalized spacial score (nSPS) is 15.4. The van der Waals surface area contributed by atoms with Crippen molar-refractivity contribution in [2.75, 3.05) is 0 Å². The van der Waals surface area contributed by atoms with E-state index < -0.39 is 0 Å². The van der Waals surface area contributed by atoms with Gasteiger partial charge in [0, 0.05) is 40.9 Å². The van der Waals surface area contributed by atoms with Crippen LogP contribution in [-0.2, 0) is 24.1 Å². The van der Waals surface area contributed by atoms with Gasteiger partial charge in [-0.1, -0.05) is 0 Å². The summed E-state index contributed by atoms with van der Waals surface area (Å²) in [7, 11) is 0. The van der Waals surface area contributed by atoms with Crippen molar-refractivity contribution in [3.8, 4) is 5.75 Å². The number of rotatable bonds is 7. The van der Waals surface area contributed by atoms with Crippen LogP contribution in [0.4, 0.5) is 4.39 Å². The number of ether oxygens (including phenoxy) is 1. The number of fused-ring (bicyclic) bond motifs is 2. The van der Waals surface area contributed by atoms with Crippen LogP contribution in [0.1, 0.15) is 47.1 Å². The third-order valence-electron chi connectivity index (χ3n) is 5.95. The zero-order valence-corrected chi connectivity index (χ0v) is 18.0. The molecule has 0 amide bonds. The Morgan fingerprint density at radius 2 is 2.26 bits per heavy atom. The molecule has 0 aliphatic heterocycles. The van der Waals surface area contributed by atoms with Crippen molar-refractivity contribution in [3.63, 3.8) is 0 Å². The fourth-order valence-corrected chi connectivity index (χ4v) is 5.14. The molecule has 31 heavy (non-hydrogen) atoms. The summed E-state index contributed by atoms with van der Waals surface area (Å²) in [5, 5.41) is 2.86. The van der Waals surface area contributed by atoms with Gasteiger partial charge in [0.25, 0.3) is 0 Å². The lowest BCUT2D eigenvalue weighted by Crippen LogP contribution is -2.09. The quantitative estimate of drug-likeness (QED) is 0.349. The number of halogens is 1. The van der Waals surface area contributed by atoms with Gasteiger partial charge in [-0.3, -0.25) is 9.78 Å². The number of benzene rings is 1. The summed E-state index contributed by atoms with van der Waals surface area (Å²) in [6.45, 7) is 2.07. The molecule has 4 nitrogen and oxygen atoms in total. The molecule has 0 radical (unpaired) electrons. The molecule has 3 heterocycles. The molecule has 5 rings (SSSR count). The van der Waals surface area contributed by atoms with Crippen molar-refractivity contribution in [2.45, 2.75) is 45.1 Å². The molecule has 3 aromatic heterocycles. The number of carbonyl (C=O) groups excluding carboxylic acids is 1. The highest BCUT2D eigenvalue weighted by Crippen LogP contribution is 2.40. The predicted octanol–water partition coefficient (Wildman–Crippen LogP) is 6.15. The lowest BCUT2D eigenvalue weighted by molar-refractivity contribution is -0.118. The fraction of sp³-hybridized carbons (Fsp3) is 0.280. The van der Waals surface area contributed by atoms with Crippen molar-refractivity contribution < 1.29 is 18.3 Å². The topological polar surface area (TPSA) is 52.3 Å². The number of nitrogens with zero attached hydrogens (tertiary/aromatic N) is 1. The van der Waals surface area contributed by atoms with E-state index in [9.17, 15) is 9.18 Å². The molecule has 1 atom stereocenters. The average Bonchev–Trinajstić information content (AvgIpc) is 3.50. The third kappa shape index (κ3) is 4.00. The summed E-state index contributed by atoms with van der Waals surface area (Å²) in [4.78, 5) is 17.2. The van der Waals surface area contributed by atoms with Crippen molar-refractivity contribution in [1.29, 1.82) is 0 Å². The molecule has 0 bridgehead atoms. The SMILES string of the molecule is Cc1c(CC(=O)CCc2ccco2)cnc2c1CCC2Oc1csc2cc(F)ccc12. The van der Waals surface area contributed by atoms with Crippen molar-refractivity contribution in [3.05, 3.63) is 82.1 Å². The standard InChI is InChI=1S/C25H22FNO3S/c1-15-16(11-18(28)5-6-19-3-2-10-29-19)13-27-25-20(15)8-9-22(25)30-23-14-31-24-12-17(26)4-7-21(23)24/h2-4,7,10,12-14,22H,5-6,8-9,11H2,1H3. The van der Waals surface area contributed by atoms with Crippen LogP contribution < -0.4 is 4.74 Å². The summed E-state index contributed by atoms with van der Waals surface area (Å²) in [5.41, 5.74) is 4.26. The van der Waals surface area contributed by atoms with E-state index in [0.29, 0.717) is 19.3 Å². The second kappa shape index (κ2) is 8.27. The van der Waals surface area contributed by atoms with Gasteiger partial charge in [0.15, 0.2) is 0 Å². The van der Waals surface area contributed by atoms with Crippen LogP contribution in [0.2, 0.25) is 0 Å². The minimum atomic E-state index is -0.240. The lowest BCUT2D eigenvalue weighted by Gasteiger charge is -2.15. The van der Waals surface area contributed by atoms with E-state index in [-0.39, 0.29) is 17.7 Å². The first-order chi connectivity index (χ1) is 15.1. The smallest absolute Gasteiger partial charge is 0.141 e. The van der Waals surface area contributed by atoms with Gasteiger partial charge in [-0.05, 0) is 66.8 Å². The van der Waals surface area contributed by atoms with Gasteiger partial charge >= 0.3 is 0 Å². The first kappa shape index (κ1) is 19.9. The fourth-order valence-electron chi connectivity index (χ4n) is 4.25. The van der Waals surface area contributed by atoms with Gasteiger partial charge in [0.05, 0.1) is 12.0 Å². The monoisotopic (exact) mass is 435 g/mol. The number of aromatic nitrogens is 1. The summed E-state index contributed by atoms with van der Waals surface area (Å²) >= 11 is 1.48. The molecule has 4 aromatic rings. The number of hydrogen-bond acceptors (Lipinski definition) is 5. The highest BCUT2D eigenvalue weighted by atomic mass is 32.1. The Morgan fingerprint density at radius 3 is 3.10 bits per heavy atom. The molecule has 1 aromatic carbocycles. The molecule has 1 aliphatic rings. The number of Topliss-reactive ketones (excluding diaryl/α,β-unsaturated/α-hetero) is 1. The second-order valence-electron chi connectivity index (χ2n) is 7.95. The van der Waals surface area contributed by atoms with Crippen LogP contribution in [-0.4, -0.2) is 10.8 Å². The van der Waals surface area contributed by atoms with E-state index in [1.165, 1.54) is 29.0 Å². The van der Waals surface area contributed by atoms with Crippen LogP contribution >= 0.6 is 11.3 Å². The first-order valence-corrected chi connectivity index (χ1v) is 11.3. The molecular weight excluding hydrogens is 413 g/mol. The number of thiophene rings is 1. The van der Waals surface area contributed by atoms with Crippen molar-refractivity contribution >= 4 is 27.2 Å². The lowest BCUT2D eigenvalue weighted by atomic mass is 9.98. The van der Waals surface area contributed by atoms with E-state index in [4.69, 9.17) is 9.15 Å². The number of pyridine rings is 1. The maximum Gasteiger partial charge on any atom is 0.141 e. The molecule has 6 heteroatoms. The van der Waals surface area contributed by atoms with E-state index in [0.717, 1.165) is 51.3 Å². The summed E-state index contributed by atoms with van der Waals surface area (Å²) < 4.78 is 26.0. The summed E-state index contributed by atoms with van der Waals surface area (Å²) in [6.07, 6.45) is 6.52. The highest BCUT2D eigenvalue weighted by Gasteiger charge is 2.29. The van der Waals surface area contributed by atoms with Gasteiger partial charge in [0.1, 0.15) is 29.2 Å². The number of furan rings is 1. The Balaban J connectivity index is 1.30. The van der Waals surface area contributed by atoms with Gasteiger partial charge in [-0.15, -0.1) is 11.3 Å². The number of hydrogen-bond donors (Lipinski definition) is 0. The molecule has 0 spiro atoms. The minimum absolute atomic E-state index is 0.125. The van der Waals surface area contributed by atoms with Crippen LogP contribution in [0, 0.1) is 12.7 Å². The van der Waals surface area contributed by atoms with Gasteiger partial charge in [0.2, 0.25) is 0 Å². The van der Waals surface area contributed by atoms with E-state index in [1.54, 1.807) is 12.3 Å². The molecule has 0 saturated heterocycles. The average molecular weight is 436 g/mol. The first-order valence-electron chi connectivity index (χ1n) is 10.4. The summed E-state index contributed by atoms with van der Waals surface area (Å²) in [5.74, 6) is 1.55. The Morgan fingerprint density at radius 1 is 1.35 bits per heavy atom. The van der Waals surface area contributed by atoms with Crippen molar-refractivity contribution in [1.82, 2.24) is 4.98 Å².